The fourth-order valence-corrected chi connectivity index (χ4v) is 10.3. The van der Waals surface area contributed by atoms with Gasteiger partial charge in [0.15, 0.2) is 0 Å². The van der Waals surface area contributed by atoms with Crippen LogP contribution in [0.5, 0.6) is 0 Å². The van der Waals surface area contributed by atoms with Crippen LogP contribution >= 0.6 is 0 Å². The van der Waals surface area contributed by atoms with Gasteiger partial charge in [0.2, 0.25) is 5.91 Å². The first-order valence-corrected chi connectivity index (χ1v) is 32.4. The Bertz CT molecular complexity index is 1060. The van der Waals surface area contributed by atoms with E-state index in [-0.39, 0.29) is 18.5 Å². The van der Waals surface area contributed by atoms with Crippen LogP contribution in [-0.2, 0) is 14.3 Å². The Kier molecular flexibility index (Phi) is 59.9. The summed E-state index contributed by atoms with van der Waals surface area (Å²) in [5.74, 6) is -0.0546. The first kappa shape index (κ1) is 69.6. The third kappa shape index (κ3) is 57.7. The zero-order valence-corrected chi connectivity index (χ0v) is 48.2. The van der Waals surface area contributed by atoms with Crippen LogP contribution in [0.15, 0.2) is 12.2 Å². The molecule has 0 aromatic rings. The molecule has 0 aliphatic heterocycles. The molecule has 0 saturated carbocycles. The van der Waals surface area contributed by atoms with E-state index in [0.717, 1.165) is 51.4 Å². The van der Waals surface area contributed by atoms with Crippen molar-refractivity contribution in [1.29, 1.82) is 0 Å². The van der Waals surface area contributed by atoms with Crippen molar-refractivity contribution in [2.75, 3.05) is 13.2 Å². The van der Waals surface area contributed by atoms with Gasteiger partial charge in [0, 0.05) is 12.8 Å². The zero-order valence-electron chi connectivity index (χ0n) is 48.2. The Balaban J connectivity index is 3.43. The van der Waals surface area contributed by atoms with Crippen molar-refractivity contribution in [2.24, 2.45) is 0 Å². The van der Waals surface area contributed by atoms with E-state index in [9.17, 15) is 19.8 Å². The molecule has 2 unspecified atom stereocenters. The molecule has 0 aromatic carbocycles. The summed E-state index contributed by atoms with van der Waals surface area (Å²) in [6.45, 7) is 4.95. The maximum atomic E-state index is 12.5. The predicted octanol–water partition coefficient (Wildman–Crippen LogP) is 20.4. The molecular weight excluding hydrogens is 875 g/mol. The maximum Gasteiger partial charge on any atom is 0.305 e. The van der Waals surface area contributed by atoms with Gasteiger partial charge in [0.05, 0.1) is 25.4 Å². The van der Waals surface area contributed by atoms with Gasteiger partial charge in [0.25, 0.3) is 0 Å². The summed E-state index contributed by atoms with van der Waals surface area (Å²) in [5, 5.41) is 23.4. The molecule has 0 aliphatic rings. The minimum absolute atomic E-state index is 0.0112. The number of allylic oxidation sites excluding steroid dienone is 2. The lowest BCUT2D eigenvalue weighted by molar-refractivity contribution is -0.143. The van der Waals surface area contributed by atoms with Crippen LogP contribution in [0.3, 0.4) is 0 Å². The average molecular weight is 1000 g/mol. The number of ether oxygens (including phenoxy) is 1. The maximum absolute atomic E-state index is 12.5. The molecule has 71 heavy (non-hydrogen) atoms. The fourth-order valence-electron chi connectivity index (χ4n) is 10.3. The minimum atomic E-state index is -0.674. The lowest BCUT2D eigenvalue weighted by atomic mass is 10.0. The van der Waals surface area contributed by atoms with Gasteiger partial charge in [-0.2, -0.15) is 0 Å². The number of unbranched alkanes of at least 4 members (excludes halogenated alkanes) is 48. The molecule has 0 saturated heterocycles. The summed E-state index contributed by atoms with van der Waals surface area (Å²) in [6, 6.07) is -0.552. The Morgan fingerprint density at radius 3 is 1.00 bits per heavy atom. The lowest BCUT2D eigenvalue weighted by Gasteiger charge is -2.22. The number of carbonyl (C=O) groups excluding carboxylic acids is 2. The van der Waals surface area contributed by atoms with Gasteiger partial charge in [-0.1, -0.05) is 315 Å². The van der Waals surface area contributed by atoms with E-state index in [1.807, 2.05) is 0 Å². The fraction of sp³-hybridized carbons (Fsp3) is 0.938. The van der Waals surface area contributed by atoms with Crippen molar-refractivity contribution in [3.05, 3.63) is 12.2 Å². The molecule has 2 atom stereocenters. The highest BCUT2D eigenvalue weighted by atomic mass is 16.5. The minimum Gasteiger partial charge on any atom is -0.466 e. The highest BCUT2D eigenvalue weighted by molar-refractivity contribution is 5.76. The molecule has 0 fully saturated rings. The molecule has 0 heterocycles. The van der Waals surface area contributed by atoms with Gasteiger partial charge in [-0.05, 0) is 51.4 Å². The van der Waals surface area contributed by atoms with Gasteiger partial charge in [-0.15, -0.1) is 0 Å². The molecule has 3 N–H and O–H groups in total. The summed E-state index contributed by atoms with van der Waals surface area (Å²) >= 11 is 0. The lowest BCUT2D eigenvalue weighted by Crippen LogP contribution is -2.45. The quantitative estimate of drug-likeness (QED) is 0.0320. The molecule has 0 spiro atoms. The molecule has 0 rings (SSSR count). The second-order valence-corrected chi connectivity index (χ2v) is 22.5. The largest absolute Gasteiger partial charge is 0.466 e. The normalized spacial score (nSPS) is 12.6. The Morgan fingerprint density at radius 1 is 0.380 bits per heavy atom. The highest BCUT2D eigenvalue weighted by Gasteiger charge is 2.20. The van der Waals surface area contributed by atoms with E-state index >= 15 is 0 Å². The number of carbonyl (C=O) groups is 2. The summed E-state index contributed by atoms with van der Waals surface area (Å²) in [5.41, 5.74) is 0. The Hall–Kier alpha value is -1.40. The molecule has 1 amide bonds. The van der Waals surface area contributed by atoms with E-state index < -0.39 is 12.1 Å². The summed E-state index contributed by atoms with van der Waals surface area (Å²) in [6.07, 6.45) is 73.7. The van der Waals surface area contributed by atoms with Gasteiger partial charge in [0.1, 0.15) is 0 Å². The number of nitrogens with one attached hydrogen (secondary N) is 1. The van der Waals surface area contributed by atoms with Crippen LogP contribution in [0.25, 0.3) is 0 Å². The summed E-state index contributed by atoms with van der Waals surface area (Å²) < 4.78 is 5.48. The van der Waals surface area contributed by atoms with Crippen molar-refractivity contribution in [3.8, 4) is 0 Å². The van der Waals surface area contributed by atoms with Gasteiger partial charge in [-0.25, -0.2) is 0 Å². The molecule has 6 nitrogen and oxygen atoms in total. The number of hydrogen-bond acceptors (Lipinski definition) is 5. The van der Waals surface area contributed by atoms with E-state index in [1.165, 1.54) is 283 Å². The first-order chi connectivity index (χ1) is 35.0. The van der Waals surface area contributed by atoms with Crippen LogP contribution in [0.4, 0.5) is 0 Å². The molecular formula is C65H127NO5. The van der Waals surface area contributed by atoms with E-state index in [2.05, 4.69) is 31.3 Å². The van der Waals surface area contributed by atoms with Crippen LogP contribution in [-0.4, -0.2) is 47.4 Å². The number of aliphatic hydroxyl groups excluding tert-OH is 2. The smallest absolute Gasteiger partial charge is 0.305 e. The van der Waals surface area contributed by atoms with Crippen molar-refractivity contribution in [3.63, 3.8) is 0 Å². The van der Waals surface area contributed by atoms with Gasteiger partial charge >= 0.3 is 5.97 Å². The molecule has 0 aliphatic carbocycles. The Morgan fingerprint density at radius 2 is 0.662 bits per heavy atom. The van der Waals surface area contributed by atoms with E-state index in [0.29, 0.717) is 25.9 Å². The molecule has 0 radical (unpaired) electrons. The standard InChI is InChI=1S/C65H127NO5/c1-3-5-7-9-11-13-15-17-19-21-22-23-24-25-26-27-28-29-30-33-37-41-45-49-53-57-63(68)62(61-67)66-64(69)58-54-50-46-42-38-34-32-36-40-44-48-52-56-60-71-65(70)59-55-51-47-43-39-35-31-20-18-16-14-12-10-8-6-4-2/h20,31,62-63,67-68H,3-19,21-30,32-61H2,1-2H3,(H,66,69)/b31-20-. The van der Waals surface area contributed by atoms with Crippen molar-refractivity contribution in [1.82, 2.24) is 5.32 Å². The molecule has 422 valence electrons. The molecule has 0 aromatic heterocycles. The third-order valence-corrected chi connectivity index (χ3v) is 15.3. The summed E-state index contributed by atoms with van der Waals surface area (Å²) in [4.78, 5) is 24.6. The Labute approximate surface area is 444 Å². The van der Waals surface area contributed by atoms with Crippen molar-refractivity contribution >= 4 is 11.9 Å². The predicted molar refractivity (Wildman–Crippen MR) is 310 cm³/mol. The zero-order chi connectivity index (χ0) is 51.4. The number of rotatable bonds is 61. The van der Waals surface area contributed by atoms with Crippen LogP contribution in [0, 0.1) is 0 Å². The number of hydrogen-bond donors (Lipinski definition) is 3. The van der Waals surface area contributed by atoms with Crippen LogP contribution < -0.4 is 5.32 Å². The molecule has 0 bridgehead atoms. The monoisotopic (exact) mass is 1000 g/mol. The number of esters is 1. The van der Waals surface area contributed by atoms with Crippen molar-refractivity contribution < 1.29 is 24.5 Å². The van der Waals surface area contributed by atoms with E-state index in [1.54, 1.807) is 0 Å². The SMILES string of the molecule is CCCCCCCCC/C=C\CCCCCCCC(=O)OCCCCCCCCCCCCCCCC(=O)NC(CO)C(O)CCCCCCCCCCCCCCCCCCCCCCCCCCC. The van der Waals surface area contributed by atoms with Crippen LogP contribution in [0.2, 0.25) is 0 Å². The second-order valence-electron chi connectivity index (χ2n) is 22.5. The molecule has 6 heteroatoms. The number of amides is 1. The first-order valence-electron chi connectivity index (χ1n) is 32.4. The highest BCUT2D eigenvalue weighted by Crippen LogP contribution is 2.18. The van der Waals surface area contributed by atoms with E-state index in [4.69, 9.17) is 4.74 Å². The summed E-state index contributed by atoms with van der Waals surface area (Å²) in [7, 11) is 0. The van der Waals surface area contributed by atoms with Crippen molar-refractivity contribution in [2.45, 2.75) is 379 Å². The van der Waals surface area contributed by atoms with Crippen LogP contribution in [0.1, 0.15) is 367 Å². The second kappa shape index (κ2) is 61.1. The average Bonchev–Trinajstić information content (AvgIpc) is 3.37. The third-order valence-electron chi connectivity index (χ3n) is 15.3. The topological polar surface area (TPSA) is 95.9 Å². The number of aliphatic hydroxyl groups is 2. The van der Waals surface area contributed by atoms with Gasteiger partial charge in [-0.3, -0.25) is 9.59 Å². The van der Waals surface area contributed by atoms with Gasteiger partial charge < -0.3 is 20.3 Å².